The first-order valence-electron chi connectivity index (χ1n) is 11.8. The van der Waals surface area contributed by atoms with Crippen LogP contribution in [0.4, 0.5) is 5.69 Å². The molecule has 0 radical (unpaired) electrons. The third-order valence-electron chi connectivity index (χ3n) is 6.88. The van der Waals surface area contributed by atoms with E-state index in [-0.39, 0.29) is 5.54 Å². The van der Waals surface area contributed by atoms with Crippen LogP contribution >= 0.6 is 0 Å². The number of fused-ring (bicyclic) bond motifs is 1. The van der Waals surface area contributed by atoms with Crippen molar-refractivity contribution >= 4 is 24.8 Å². The van der Waals surface area contributed by atoms with Gasteiger partial charge in [0.1, 0.15) is 12.4 Å². The molecular formula is C24H34N6OSi. The van der Waals surface area contributed by atoms with E-state index < -0.39 is 8.07 Å². The Hall–Kier alpha value is -2.29. The van der Waals surface area contributed by atoms with Gasteiger partial charge in [0, 0.05) is 62.5 Å². The maximum atomic E-state index is 6.10. The molecule has 3 aromatic rings. The van der Waals surface area contributed by atoms with Crippen molar-refractivity contribution in [2.45, 2.75) is 57.2 Å². The van der Waals surface area contributed by atoms with Crippen LogP contribution in [0.25, 0.3) is 22.2 Å². The van der Waals surface area contributed by atoms with Crippen molar-refractivity contribution < 1.29 is 4.74 Å². The molecule has 2 aliphatic heterocycles. The van der Waals surface area contributed by atoms with E-state index in [9.17, 15) is 0 Å². The SMILES string of the molecule is C[Si](C)(C)CCOCn1cc(-c2ccnnc2)c2c(N3CCC4(CCCN4)C3)ccnc21. The van der Waals surface area contributed by atoms with Gasteiger partial charge in [-0.3, -0.25) is 0 Å². The summed E-state index contributed by atoms with van der Waals surface area (Å²) in [5, 5.41) is 13.1. The number of aromatic nitrogens is 4. The maximum absolute atomic E-state index is 6.10. The molecule has 1 unspecified atom stereocenters. The van der Waals surface area contributed by atoms with Crippen molar-refractivity contribution in [3.63, 3.8) is 0 Å². The van der Waals surface area contributed by atoms with E-state index >= 15 is 0 Å². The Morgan fingerprint density at radius 1 is 1.16 bits per heavy atom. The number of ether oxygens (including phenoxy) is 1. The molecule has 0 saturated carbocycles. The summed E-state index contributed by atoms with van der Waals surface area (Å²) in [5.41, 5.74) is 4.72. The maximum Gasteiger partial charge on any atom is 0.144 e. The summed E-state index contributed by atoms with van der Waals surface area (Å²) in [5.74, 6) is 0. The topological polar surface area (TPSA) is 68.1 Å². The molecular weight excluding hydrogens is 416 g/mol. The summed E-state index contributed by atoms with van der Waals surface area (Å²) in [6, 6.07) is 5.36. The minimum atomic E-state index is -1.12. The van der Waals surface area contributed by atoms with Gasteiger partial charge in [-0.2, -0.15) is 10.2 Å². The van der Waals surface area contributed by atoms with Crippen LogP contribution in [-0.4, -0.2) is 59.6 Å². The quantitative estimate of drug-likeness (QED) is 0.431. The van der Waals surface area contributed by atoms with Gasteiger partial charge in [-0.05, 0) is 44.0 Å². The van der Waals surface area contributed by atoms with Crippen LogP contribution in [0.1, 0.15) is 19.3 Å². The summed E-state index contributed by atoms with van der Waals surface area (Å²) >= 11 is 0. The molecule has 1 atom stereocenters. The van der Waals surface area contributed by atoms with Gasteiger partial charge in [0.15, 0.2) is 0 Å². The van der Waals surface area contributed by atoms with Crippen molar-refractivity contribution in [1.29, 1.82) is 0 Å². The minimum absolute atomic E-state index is 0.274. The van der Waals surface area contributed by atoms with Crippen LogP contribution < -0.4 is 10.2 Å². The van der Waals surface area contributed by atoms with Crippen LogP contribution in [0.15, 0.2) is 36.9 Å². The molecule has 0 bridgehead atoms. The van der Waals surface area contributed by atoms with Crippen LogP contribution in [-0.2, 0) is 11.5 Å². The van der Waals surface area contributed by atoms with Crippen molar-refractivity contribution in [3.05, 3.63) is 36.9 Å². The van der Waals surface area contributed by atoms with Crippen molar-refractivity contribution in [2.24, 2.45) is 0 Å². The number of nitrogens with one attached hydrogen (secondary N) is 1. The largest absolute Gasteiger partial charge is 0.369 e. The lowest BCUT2D eigenvalue weighted by Crippen LogP contribution is -2.42. The van der Waals surface area contributed by atoms with Crippen molar-refractivity contribution in [3.8, 4) is 11.1 Å². The molecule has 3 aromatic heterocycles. The highest BCUT2D eigenvalue weighted by molar-refractivity contribution is 6.76. The fraction of sp³-hybridized carbons (Fsp3) is 0.542. The highest BCUT2D eigenvalue weighted by atomic mass is 28.3. The molecule has 8 heteroatoms. The van der Waals surface area contributed by atoms with Gasteiger partial charge >= 0.3 is 0 Å². The molecule has 0 aliphatic carbocycles. The molecule has 2 saturated heterocycles. The van der Waals surface area contributed by atoms with Gasteiger partial charge in [0.2, 0.25) is 0 Å². The molecule has 2 aliphatic rings. The fourth-order valence-corrected chi connectivity index (χ4v) is 5.82. The van der Waals surface area contributed by atoms with E-state index in [1.807, 2.05) is 18.5 Å². The molecule has 1 N–H and O–H groups in total. The fourth-order valence-electron chi connectivity index (χ4n) is 5.07. The summed E-state index contributed by atoms with van der Waals surface area (Å²) < 4.78 is 8.25. The van der Waals surface area contributed by atoms with E-state index in [1.165, 1.54) is 30.3 Å². The zero-order valence-corrected chi connectivity index (χ0v) is 20.5. The third-order valence-corrected chi connectivity index (χ3v) is 8.59. The Morgan fingerprint density at radius 3 is 2.81 bits per heavy atom. The highest BCUT2D eigenvalue weighted by Crippen LogP contribution is 2.40. The van der Waals surface area contributed by atoms with Gasteiger partial charge in [0.25, 0.3) is 0 Å². The van der Waals surface area contributed by atoms with E-state index in [0.29, 0.717) is 6.73 Å². The van der Waals surface area contributed by atoms with E-state index in [1.54, 1.807) is 6.20 Å². The molecule has 170 valence electrons. The van der Waals surface area contributed by atoms with Crippen LogP contribution in [0.2, 0.25) is 25.7 Å². The first kappa shape index (κ1) is 21.5. The normalized spacial score (nSPS) is 21.3. The van der Waals surface area contributed by atoms with E-state index in [4.69, 9.17) is 9.72 Å². The smallest absolute Gasteiger partial charge is 0.144 e. The van der Waals surface area contributed by atoms with Gasteiger partial charge in [-0.15, -0.1) is 0 Å². The third kappa shape index (κ3) is 4.31. The summed E-state index contributed by atoms with van der Waals surface area (Å²) in [6.45, 7) is 11.7. The predicted molar refractivity (Wildman–Crippen MR) is 132 cm³/mol. The van der Waals surface area contributed by atoms with Crippen LogP contribution in [0.5, 0.6) is 0 Å². The summed E-state index contributed by atoms with van der Waals surface area (Å²) in [4.78, 5) is 7.33. The monoisotopic (exact) mass is 450 g/mol. The summed E-state index contributed by atoms with van der Waals surface area (Å²) in [6.07, 6.45) is 11.5. The first-order chi connectivity index (χ1) is 15.4. The lowest BCUT2D eigenvalue weighted by molar-refractivity contribution is 0.0899. The number of hydrogen-bond donors (Lipinski definition) is 1. The van der Waals surface area contributed by atoms with Crippen LogP contribution in [0, 0.1) is 0 Å². The van der Waals surface area contributed by atoms with Gasteiger partial charge in [-0.25, -0.2) is 4.98 Å². The second-order valence-electron chi connectivity index (χ2n) is 10.5. The second-order valence-corrected chi connectivity index (χ2v) is 16.1. The van der Waals surface area contributed by atoms with Gasteiger partial charge in [-0.1, -0.05) is 19.6 Å². The molecule has 2 fully saturated rings. The average Bonchev–Trinajstić information content (AvgIpc) is 3.51. The molecule has 0 aromatic carbocycles. The Bertz CT molecular complexity index is 1070. The minimum Gasteiger partial charge on any atom is -0.369 e. The molecule has 5 heterocycles. The van der Waals surface area contributed by atoms with Crippen molar-refractivity contribution in [1.82, 2.24) is 25.1 Å². The molecule has 32 heavy (non-hydrogen) atoms. The van der Waals surface area contributed by atoms with Crippen molar-refractivity contribution in [2.75, 3.05) is 31.1 Å². The number of pyridine rings is 1. The Morgan fingerprint density at radius 2 is 2.06 bits per heavy atom. The van der Waals surface area contributed by atoms with Crippen LogP contribution in [0.3, 0.4) is 0 Å². The number of rotatable bonds is 7. The number of anilines is 1. The number of nitrogens with zero attached hydrogens (tertiary/aromatic N) is 5. The molecule has 0 amide bonds. The second kappa shape index (κ2) is 8.57. The Labute approximate surface area is 191 Å². The predicted octanol–water partition coefficient (Wildman–Crippen LogP) is 4.14. The summed E-state index contributed by atoms with van der Waals surface area (Å²) in [7, 11) is -1.12. The average molecular weight is 451 g/mol. The van der Waals surface area contributed by atoms with Gasteiger partial charge < -0.3 is 19.5 Å². The first-order valence-corrected chi connectivity index (χ1v) is 15.5. The lowest BCUT2D eigenvalue weighted by atomic mass is 9.97. The van der Waals surface area contributed by atoms with E-state index in [0.717, 1.165) is 49.1 Å². The zero-order valence-electron chi connectivity index (χ0n) is 19.5. The Kier molecular flexibility index (Phi) is 5.77. The highest BCUT2D eigenvalue weighted by Gasteiger charge is 2.40. The van der Waals surface area contributed by atoms with E-state index in [2.05, 4.69) is 56.9 Å². The molecule has 5 rings (SSSR count). The van der Waals surface area contributed by atoms with Gasteiger partial charge in [0.05, 0.1) is 17.8 Å². The lowest BCUT2D eigenvalue weighted by Gasteiger charge is -2.26. The molecule has 7 nitrogen and oxygen atoms in total. The Balaban J connectivity index is 1.50. The molecule has 1 spiro atoms. The standard InChI is InChI=1S/C24H34N6OSi/c1-32(2,3)14-13-31-18-30-16-20(19-5-11-27-28-15-19)22-21(6-10-25-23(22)30)29-12-8-24(17-29)7-4-9-26-24/h5-6,10-11,15-16,26H,4,7-9,12-14,17-18H2,1-3H3. The zero-order chi connectivity index (χ0) is 22.2. The number of hydrogen-bond acceptors (Lipinski definition) is 6.